The average molecular weight is 386 g/mol. The van der Waals surface area contributed by atoms with Gasteiger partial charge in [0.2, 0.25) is 0 Å². The summed E-state index contributed by atoms with van der Waals surface area (Å²) in [6.07, 6.45) is 2.93. The third-order valence-corrected chi connectivity index (χ3v) is 4.65. The van der Waals surface area contributed by atoms with E-state index in [0.717, 1.165) is 16.7 Å². The van der Waals surface area contributed by atoms with Gasteiger partial charge in [-0.05, 0) is 30.0 Å². The zero-order chi connectivity index (χ0) is 19.6. The number of methoxy groups -OCH3 is 1. The lowest BCUT2D eigenvalue weighted by atomic mass is 10.1. The van der Waals surface area contributed by atoms with E-state index in [1.807, 2.05) is 0 Å². The van der Waals surface area contributed by atoms with Gasteiger partial charge in [-0.1, -0.05) is 6.08 Å². The number of thioether (sulfide) groups is 1. The Hall–Kier alpha value is -3.33. The minimum absolute atomic E-state index is 0.103. The summed E-state index contributed by atoms with van der Waals surface area (Å²) in [7, 11) is 1.45. The minimum atomic E-state index is -0.512. The number of non-ortho nitro benzene ring substituents is 1. The maximum Gasteiger partial charge on any atom is 0.293 e. The van der Waals surface area contributed by atoms with Crippen LogP contribution >= 0.6 is 11.8 Å². The van der Waals surface area contributed by atoms with Crippen molar-refractivity contribution in [2.45, 2.75) is 0 Å². The van der Waals surface area contributed by atoms with E-state index in [1.165, 1.54) is 37.5 Å². The Labute approximate surface area is 158 Å². The van der Waals surface area contributed by atoms with Crippen LogP contribution in [0, 0.1) is 10.1 Å². The smallest absolute Gasteiger partial charge is 0.293 e. The first-order chi connectivity index (χ1) is 12.9. The van der Waals surface area contributed by atoms with Gasteiger partial charge in [-0.15, -0.1) is 6.58 Å². The van der Waals surface area contributed by atoms with Crippen molar-refractivity contribution in [3.05, 3.63) is 63.8 Å². The average Bonchev–Trinajstić information content (AvgIpc) is 3.22. The zero-order valence-electron chi connectivity index (χ0n) is 14.2. The van der Waals surface area contributed by atoms with Crippen molar-refractivity contribution in [2.24, 2.45) is 0 Å². The van der Waals surface area contributed by atoms with Crippen molar-refractivity contribution in [1.29, 1.82) is 0 Å². The van der Waals surface area contributed by atoms with Crippen LogP contribution in [-0.2, 0) is 4.79 Å². The van der Waals surface area contributed by atoms with Crippen molar-refractivity contribution in [3.63, 3.8) is 0 Å². The number of rotatable bonds is 6. The zero-order valence-corrected chi connectivity index (χ0v) is 15.0. The van der Waals surface area contributed by atoms with E-state index < -0.39 is 10.8 Å². The molecule has 2 amide bonds. The van der Waals surface area contributed by atoms with Crippen LogP contribution in [0.5, 0.6) is 5.75 Å². The van der Waals surface area contributed by atoms with E-state index in [-0.39, 0.29) is 22.4 Å². The molecule has 1 aromatic carbocycles. The summed E-state index contributed by atoms with van der Waals surface area (Å²) < 4.78 is 10.9. The quantitative estimate of drug-likeness (QED) is 0.319. The molecule has 0 unspecified atom stereocenters. The first-order valence-corrected chi connectivity index (χ1v) is 8.55. The van der Waals surface area contributed by atoms with Gasteiger partial charge in [0.25, 0.3) is 16.8 Å². The van der Waals surface area contributed by atoms with Gasteiger partial charge in [0, 0.05) is 24.8 Å². The Kier molecular flexibility index (Phi) is 5.13. The van der Waals surface area contributed by atoms with Gasteiger partial charge < -0.3 is 9.15 Å². The predicted molar refractivity (Wildman–Crippen MR) is 100 cm³/mol. The van der Waals surface area contributed by atoms with Crippen molar-refractivity contribution in [2.75, 3.05) is 13.7 Å². The second-order valence-corrected chi connectivity index (χ2v) is 6.42. The Morgan fingerprint density at radius 3 is 2.78 bits per heavy atom. The first kappa shape index (κ1) is 18.5. The van der Waals surface area contributed by atoms with E-state index in [9.17, 15) is 19.7 Å². The molecule has 1 aromatic heterocycles. The fourth-order valence-electron chi connectivity index (χ4n) is 2.49. The standard InChI is InChI=1S/C18H14N2O6S/c1-3-8-19-17(21)16(27-18(19)22)10-12-5-7-15(26-12)13-9-11(20(23)24)4-6-14(13)25-2/h3-7,9-10H,1,8H2,2H3/b16-10-. The molecule has 1 saturated heterocycles. The second-order valence-electron chi connectivity index (χ2n) is 5.42. The van der Waals surface area contributed by atoms with Crippen LogP contribution < -0.4 is 4.74 Å². The number of furan rings is 1. The molecule has 0 N–H and O–H groups in total. The second kappa shape index (κ2) is 7.50. The molecule has 2 heterocycles. The molecule has 8 nitrogen and oxygen atoms in total. The highest BCUT2D eigenvalue weighted by molar-refractivity contribution is 8.18. The van der Waals surface area contributed by atoms with Crippen LogP contribution in [0.4, 0.5) is 10.5 Å². The number of carbonyl (C=O) groups is 2. The molecule has 0 saturated carbocycles. The van der Waals surface area contributed by atoms with E-state index in [0.29, 0.717) is 22.8 Å². The van der Waals surface area contributed by atoms with Crippen LogP contribution in [-0.4, -0.2) is 34.6 Å². The normalized spacial score (nSPS) is 15.4. The molecule has 0 atom stereocenters. The Balaban J connectivity index is 1.93. The number of benzene rings is 1. The molecule has 27 heavy (non-hydrogen) atoms. The highest BCUT2D eigenvalue weighted by Gasteiger charge is 2.34. The van der Waals surface area contributed by atoms with Crippen molar-refractivity contribution in [1.82, 2.24) is 4.90 Å². The summed E-state index contributed by atoms with van der Waals surface area (Å²) in [5, 5.41) is 10.6. The number of nitrogens with zero attached hydrogens (tertiary/aromatic N) is 2. The molecule has 138 valence electrons. The van der Waals surface area contributed by atoms with Crippen molar-refractivity contribution >= 4 is 34.7 Å². The SMILES string of the molecule is C=CCN1C(=O)S/C(=C\c2ccc(-c3cc([N+](=O)[O-])ccc3OC)o2)C1=O. The number of ether oxygens (including phenoxy) is 1. The number of hydrogen-bond acceptors (Lipinski definition) is 7. The molecule has 0 bridgehead atoms. The molecule has 1 fully saturated rings. The van der Waals surface area contributed by atoms with Crippen LogP contribution in [0.3, 0.4) is 0 Å². The van der Waals surface area contributed by atoms with Gasteiger partial charge >= 0.3 is 0 Å². The van der Waals surface area contributed by atoms with Crippen LogP contribution in [0.1, 0.15) is 5.76 Å². The lowest BCUT2D eigenvalue weighted by Gasteiger charge is -2.07. The molecule has 1 aliphatic heterocycles. The van der Waals surface area contributed by atoms with E-state index in [1.54, 1.807) is 12.1 Å². The summed E-state index contributed by atoms with van der Waals surface area (Å²) in [4.78, 5) is 35.9. The van der Waals surface area contributed by atoms with Gasteiger partial charge in [0.1, 0.15) is 17.3 Å². The highest BCUT2D eigenvalue weighted by Crippen LogP contribution is 2.36. The topological polar surface area (TPSA) is 103 Å². The summed E-state index contributed by atoms with van der Waals surface area (Å²) in [5.41, 5.74) is 0.306. The van der Waals surface area contributed by atoms with Crippen molar-refractivity contribution < 1.29 is 23.7 Å². The minimum Gasteiger partial charge on any atom is -0.496 e. The van der Waals surface area contributed by atoms with Gasteiger partial charge in [-0.2, -0.15) is 0 Å². The lowest BCUT2D eigenvalue weighted by Crippen LogP contribution is -2.27. The molecule has 1 aliphatic rings. The Morgan fingerprint density at radius 1 is 1.33 bits per heavy atom. The monoisotopic (exact) mass is 386 g/mol. The van der Waals surface area contributed by atoms with E-state index in [4.69, 9.17) is 9.15 Å². The number of amides is 2. The number of nitro benzene ring substituents is 1. The van der Waals surface area contributed by atoms with Crippen molar-refractivity contribution in [3.8, 4) is 17.1 Å². The van der Waals surface area contributed by atoms with E-state index >= 15 is 0 Å². The first-order valence-electron chi connectivity index (χ1n) is 7.73. The van der Waals surface area contributed by atoms with Crippen LogP contribution in [0.2, 0.25) is 0 Å². The maximum atomic E-state index is 12.2. The van der Waals surface area contributed by atoms with E-state index in [2.05, 4.69) is 6.58 Å². The van der Waals surface area contributed by atoms with Gasteiger partial charge in [0.05, 0.1) is 22.5 Å². The predicted octanol–water partition coefficient (Wildman–Crippen LogP) is 4.09. The summed E-state index contributed by atoms with van der Waals surface area (Å²) in [5.74, 6) is 0.665. The fraction of sp³-hybridized carbons (Fsp3) is 0.111. The highest BCUT2D eigenvalue weighted by atomic mass is 32.2. The number of hydrogen-bond donors (Lipinski definition) is 0. The summed E-state index contributed by atoms with van der Waals surface area (Å²) in [6.45, 7) is 3.66. The Bertz CT molecular complexity index is 978. The molecule has 2 aromatic rings. The fourth-order valence-corrected chi connectivity index (χ4v) is 3.32. The summed E-state index contributed by atoms with van der Waals surface area (Å²) >= 11 is 0.812. The third kappa shape index (κ3) is 3.63. The maximum absolute atomic E-state index is 12.2. The molecule has 0 aliphatic carbocycles. The third-order valence-electron chi connectivity index (χ3n) is 3.74. The largest absolute Gasteiger partial charge is 0.496 e. The van der Waals surface area contributed by atoms with Gasteiger partial charge in [-0.3, -0.25) is 24.6 Å². The Morgan fingerprint density at radius 2 is 2.11 bits per heavy atom. The summed E-state index contributed by atoms with van der Waals surface area (Å²) in [6, 6.07) is 7.38. The number of carbonyl (C=O) groups excluding carboxylic acids is 2. The number of nitro groups is 1. The molecule has 3 rings (SSSR count). The molecular weight excluding hydrogens is 372 g/mol. The van der Waals surface area contributed by atoms with Crippen LogP contribution in [0.25, 0.3) is 17.4 Å². The number of imide groups is 1. The molecular formula is C18H14N2O6S. The lowest BCUT2D eigenvalue weighted by molar-refractivity contribution is -0.384. The molecule has 0 spiro atoms. The van der Waals surface area contributed by atoms with Gasteiger partial charge in [0.15, 0.2) is 0 Å². The van der Waals surface area contributed by atoms with Crippen LogP contribution in [0.15, 0.2) is 52.3 Å². The molecule has 9 heteroatoms. The molecule has 0 radical (unpaired) electrons. The van der Waals surface area contributed by atoms with Gasteiger partial charge in [-0.25, -0.2) is 0 Å².